The van der Waals surface area contributed by atoms with Gasteiger partial charge >= 0.3 is 5.76 Å². The van der Waals surface area contributed by atoms with Crippen LogP contribution in [0.25, 0.3) is 0 Å². The lowest BCUT2D eigenvalue weighted by atomic mass is 10.2. The summed E-state index contributed by atoms with van der Waals surface area (Å²) in [5, 5.41) is 8.44. The van der Waals surface area contributed by atoms with E-state index in [-0.39, 0.29) is 5.69 Å². The molecule has 0 aromatic heterocycles. The van der Waals surface area contributed by atoms with Gasteiger partial charge in [-0.25, -0.2) is 8.42 Å². The Labute approximate surface area is 85.2 Å². The van der Waals surface area contributed by atoms with E-state index in [1.54, 1.807) is 4.72 Å². The van der Waals surface area contributed by atoms with Gasteiger partial charge in [-0.15, -0.1) is 0 Å². The van der Waals surface area contributed by atoms with Gasteiger partial charge < -0.3 is 0 Å². The minimum Gasteiger partial charge on any atom is -0.279 e. The summed E-state index contributed by atoms with van der Waals surface area (Å²) in [5.74, 6) is -3.48. The number of nitriles is 1. The third-order valence-corrected chi connectivity index (χ3v) is 2.50. The zero-order chi connectivity index (χ0) is 11.5. The Morgan fingerprint density at radius 1 is 1.27 bits per heavy atom. The van der Waals surface area contributed by atoms with E-state index in [2.05, 4.69) is 0 Å². The SMILES string of the molecule is N#Cc1ccc(NS(=O)(=O)C(F)F)cc1. The molecule has 0 amide bonds. The van der Waals surface area contributed by atoms with E-state index in [1.807, 2.05) is 6.07 Å². The zero-order valence-corrected chi connectivity index (χ0v) is 8.13. The first-order chi connectivity index (χ1) is 6.95. The van der Waals surface area contributed by atoms with Gasteiger partial charge in [0.25, 0.3) is 10.0 Å². The van der Waals surface area contributed by atoms with Crippen LogP contribution < -0.4 is 4.72 Å². The lowest BCUT2D eigenvalue weighted by molar-refractivity contribution is 0.236. The Morgan fingerprint density at radius 2 is 1.80 bits per heavy atom. The van der Waals surface area contributed by atoms with Crippen LogP contribution in [0.15, 0.2) is 24.3 Å². The van der Waals surface area contributed by atoms with Gasteiger partial charge in [0, 0.05) is 5.69 Å². The molecule has 0 aliphatic rings. The summed E-state index contributed by atoms with van der Waals surface area (Å²) in [6.07, 6.45) is 0. The Kier molecular flexibility index (Phi) is 3.21. The topological polar surface area (TPSA) is 70.0 Å². The van der Waals surface area contributed by atoms with E-state index in [9.17, 15) is 17.2 Å². The number of benzene rings is 1. The van der Waals surface area contributed by atoms with Crippen molar-refractivity contribution < 1.29 is 17.2 Å². The van der Waals surface area contributed by atoms with Gasteiger partial charge in [-0.05, 0) is 24.3 Å². The molecule has 1 rings (SSSR count). The number of hydrogen-bond acceptors (Lipinski definition) is 3. The number of hydrogen-bond donors (Lipinski definition) is 1. The molecule has 4 nitrogen and oxygen atoms in total. The predicted octanol–water partition coefficient (Wildman–Crippen LogP) is 1.52. The van der Waals surface area contributed by atoms with E-state index in [0.29, 0.717) is 5.56 Å². The lowest BCUT2D eigenvalue weighted by Gasteiger charge is -2.06. The molecule has 1 aromatic carbocycles. The van der Waals surface area contributed by atoms with E-state index in [4.69, 9.17) is 5.26 Å². The Hall–Kier alpha value is -1.68. The highest BCUT2D eigenvalue weighted by molar-refractivity contribution is 7.93. The van der Waals surface area contributed by atoms with E-state index in [0.717, 1.165) is 0 Å². The van der Waals surface area contributed by atoms with Crippen molar-refractivity contribution >= 4 is 15.7 Å². The minimum absolute atomic E-state index is 0.00528. The number of nitrogens with one attached hydrogen (secondary N) is 1. The van der Waals surface area contributed by atoms with E-state index < -0.39 is 15.8 Å². The quantitative estimate of drug-likeness (QED) is 0.858. The Balaban J connectivity index is 2.88. The molecule has 7 heteroatoms. The number of sulfonamides is 1. The lowest BCUT2D eigenvalue weighted by Crippen LogP contribution is -2.20. The largest absolute Gasteiger partial charge is 0.355 e. The predicted molar refractivity (Wildman–Crippen MR) is 49.7 cm³/mol. The Bertz CT molecular complexity index is 476. The number of nitrogens with zero attached hydrogens (tertiary/aromatic N) is 1. The van der Waals surface area contributed by atoms with Crippen molar-refractivity contribution in [1.29, 1.82) is 5.26 Å². The fourth-order valence-electron chi connectivity index (χ4n) is 0.822. The van der Waals surface area contributed by atoms with Crippen molar-refractivity contribution in [2.75, 3.05) is 4.72 Å². The molecule has 0 saturated carbocycles. The standard InChI is InChI=1S/C8H6F2N2O2S/c9-8(10)15(13,14)12-7-3-1-6(5-11)2-4-7/h1-4,8,12H. The van der Waals surface area contributed by atoms with E-state index >= 15 is 0 Å². The molecule has 0 bridgehead atoms. The number of halogens is 2. The molecule has 0 heterocycles. The van der Waals surface area contributed by atoms with Crippen molar-refractivity contribution in [3.8, 4) is 6.07 Å². The molecule has 0 unspecified atom stereocenters. The molecule has 15 heavy (non-hydrogen) atoms. The molecular formula is C8H6F2N2O2S. The fraction of sp³-hybridized carbons (Fsp3) is 0.125. The van der Waals surface area contributed by atoms with Crippen LogP contribution in [0.1, 0.15) is 5.56 Å². The van der Waals surface area contributed by atoms with Crippen LogP contribution in [-0.2, 0) is 10.0 Å². The molecule has 1 N–H and O–H groups in total. The summed E-state index contributed by atoms with van der Waals surface area (Å²) < 4.78 is 47.0. The highest BCUT2D eigenvalue weighted by atomic mass is 32.2. The van der Waals surface area contributed by atoms with Crippen LogP contribution >= 0.6 is 0 Å². The average Bonchev–Trinajstić information content (AvgIpc) is 2.18. The molecule has 0 radical (unpaired) electrons. The van der Waals surface area contributed by atoms with Gasteiger partial charge in [-0.2, -0.15) is 14.0 Å². The smallest absolute Gasteiger partial charge is 0.279 e. The fourth-order valence-corrected chi connectivity index (χ4v) is 1.38. The first-order valence-electron chi connectivity index (χ1n) is 3.75. The van der Waals surface area contributed by atoms with Gasteiger partial charge in [0.15, 0.2) is 0 Å². The molecule has 0 aliphatic carbocycles. The third kappa shape index (κ3) is 2.89. The molecule has 1 aromatic rings. The zero-order valence-electron chi connectivity index (χ0n) is 7.31. The van der Waals surface area contributed by atoms with Gasteiger partial charge in [0.1, 0.15) is 0 Å². The Morgan fingerprint density at radius 3 is 2.20 bits per heavy atom. The van der Waals surface area contributed by atoms with Gasteiger partial charge in [-0.3, -0.25) is 4.72 Å². The summed E-state index contributed by atoms with van der Waals surface area (Å²) in [7, 11) is -4.64. The van der Waals surface area contributed by atoms with Crippen LogP contribution in [0.4, 0.5) is 14.5 Å². The summed E-state index contributed by atoms with van der Waals surface area (Å²) in [6.45, 7) is 0. The summed E-state index contributed by atoms with van der Waals surface area (Å²) >= 11 is 0. The number of anilines is 1. The summed E-state index contributed by atoms with van der Waals surface area (Å²) in [6, 6.07) is 6.93. The second-order valence-corrected chi connectivity index (χ2v) is 4.25. The van der Waals surface area contributed by atoms with Crippen molar-refractivity contribution in [2.24, 2.45) is 0 Å². The van der Waals surface area contributed by atoms with Crippen LogP contribution in [0.3, 0.4) is 0 Å². The van der Waals surface area contributed by atoms with Crippen molar-refractivity contribution in [3.63, 3.8) is 0 Å². The van der Waals surface area contributed by atoms with Crippen molar-refractivity contribution in [3.05, 3.63) is 29.8 Å². The van der Waals surface area contributed by atoms with Crippen LogP contribution in [0.5, 0.6) is 0 Å². The van der Waals surface area contributed by atoms with E-state index in [1.165, 1.54) is 24.3 Å². The summed E-state index contributed by atoms with van der Waals surface area (Å²) in [4.78, 5) is 0. The normalized spacial score (nSPS) is 11.1. The third-order valence-electron chi connectivity index (χ3n) is 1.51. The highest BCUT2D eigenvalue weighted by Gasteiger charge is 2.23. The number of alkyl halides is 2. The van der Waals surface area contributed by atoms with Gasteiger partial charge in [0.2, 0.25) is 0 Å². The van der Waals surface area contributed by atoms with Gasteiger partial charge in [-0.1, -0.05) is 0 Å². The molecular weight excluding hydrogens is 226 g/mol. The molecule has 0 fully saturated rings. The highest BCUT2D eigenvalue weighted by Crippen LogP contribution is 2.14. The van der Waals surface area contributed by atoms with Crippen molar-refractivity contribution in [2.45, 2.75) is 5.76 Å². The maximum Gasteiger partial charge on any atom is 0.355 e. The molecule has 0 spiro atoms. The summed E-state index contributed by atoms with van der Waals surface area (Å²) in [5.41, 5.74) is 0.310. The first kappa shape index (κ1) is 11.4. The molecule has 0 aliphatic heterocycles. The molecule has 0 saturated heterocycles. The average molecular weight is 232 g/mol. The second-order valence-electron chi connectivity index (χ2n) is 2.60. The maximum atomic E-state index is 11.9. The van der Waals surface area contributed by atoms with Crippen LogP contribution in [0.2, 0.25) is 0 Å². The first-order valence-corrected chi connectivity index (χ1v) is 5.30. The van der Waals surface area contributed by atoms with Crippen LogP contribution in [0, 0.1) is 11.3 Å². The molecule has 80 valence electrons. The van der Waals surface area contributed by atoms with Gasteiger partial charge in [0.05, 0.1) is 11.6 Å². The number of rotatable bonds is 3. The van der Waals surface area contributed by atoms with Crippen molar-refractivity contribution in [1.82, 2.24) is 0 Å². The van der Waals surface area contributed by atoms with Crippen LogP contribution in [-0.4, -0.2) is 14.2 Å². The molecule has 0 atom stereocenters. The minimum atomic E-state index is -4.64. The maximum absolute atomic E-state index is 11.9. The monoisotopic (exact) mass is 232 g/mol. The second kappa shape index (κ2) is 4.23.